The van der Waals surface area contributed by atoms with Gasteiger partial charge in [-0.2, -0.15) is 4.98 Å². The van der Waals surface area contributed by atoms with Gasteiger partial charge in [-0.15, -0.1) is 0 Å². The van der Waals surface area contributed by atoms with E-state index in [9.17, 15) is 4.79 Å². The van der Waals surface area contributed by atoms with Crippen molar-refractivity contribution in [1.29, 1.82) is 0 Å². The topological polar surface area (TPSA) is 87.8 Å². The van der Waals surface area contributed by atoms with Gasteiger partial charge in [0, 0.05) is 56.6 Å². The first-order valence-electron chi connectivity index (χ1n) is 11.9. The van der Waals surface area contributed by atoms with E-state index in [-0.39, 0.29) is 5.91 Å². The van der Waals surface area contributed by atoms with Crippen LogP contribution in [0.3, 0.4) is 0 Å². The Balaban J connectivity index is 1.15. The van der Waals surface area contributed by atoms with Crippen LogP contribution in [-0.4, -0.2) is 78.4 Å². The van der Waals surface area contributed by atoms with Crippen molar-refractivity contribution in [2.45, 2.75) is 0 Å². The van der Waals surface area contributed by atoms with Crippen molar-refractivity contribution in [2.75, 3.05) is 62.3 Å². The number of morpholine rings is 1. The number of amides is 1. The van der Waals surface area contributed by atoms with E-state index in [0.29, 0.717) is 37.6 Å². The summed E-state index contributed by atoms with van der Waals surface area (Å²) in [5.74, 6) is 2.33. The largest absolute Gasteiger partial charge is 0.378 e. The summed E-state index contributed by atoms with van der Waals surface area (Å²) in [6.07, 6.45) is 1.81. The molecule has 1 amide bonds. The van der Waals surface area contributed by atoms with Gasteiger partial charge in [0.25, 0.3) is 5.91 Å². The molecular weight excluding hydrogens is 444 g/mol. The summed E-state index contributed by atoms with van der Waals surface area (Å²) in [6.45, 7) is 5.68. The third-order valence-electron chi connectivity index (χ3n) is 6.57. The van der Waals surface area contributed by atoms with Crippen LogP contribution in [0.1, 0.15) is 10.4 Å². The maximum absolute atomic E-state index is 13.3. The first kappa shape index (κ1) is 21.5. The number of aromatic nitrogens is 3. The minimum atomic E-state index is 0.0171. The molecule has 2 fully saturated rings. The van der Waals surface area contributed by atoms with E-state index in [1.807, 2.05) is 65.7 Å². The van der Waals surface area contributed by atoms with Crippen molar-refractivity contribution in [2.24, 2.45) is 0 Å². The average molecular weight is 471 g/mol. The van der Waals surface area contributed by atoms with Gasteiger partial charge in [0.2, 0.25) is 5.95 Å². The smallest absolute Gasteiger partial charge is 0.254 e. The van der Waals surface area contributed by atoms with Crippen LogP contribution < -0.4 is 9.80 Å². The maximum atomic E-state index is 13.3. The molecule has 0 atom stereocenters. The summed E-state index contributed by atoms with van der Waals surface area (Å²) < 4.78 is 11.0. The zero-order valence-corrected chi connectivity index (χ0v) is 19.3. The maximum Gasteiger partial charge on any atom is 0.254 e. The summed E-state index contributed by atoms with van der Waals surface area (Å²) in [5, 5.41) is 5.01. The van der Waals surface area contributed by atoms with Crippen LogP contribution in [0, 0.1) is 0 Å². The monoisotopic (exact) mass is 470 g/mol. The second kappa shape index (κ2) is 9.34. The third-order valence-corrected chi connectivity index (χ3v) is 6.57. The van der Waals surface area contributed by atoms with Crippen LogP contribution >= 0.6 is 0 Å². The number of benzene rings is 2. The molecule has 0 bridgehead atoms. The van der Waals surface area contributed by atoms with Gasteiger partial charge in [0.1, 0.15) is 11.3 Å². The van der Waals surface area contributed by atoms with Gasteiger partial charge in [0.15, 0.2) is 5.76 Å². The predicted molar refractivity (Wildman–Crippen MR) is 133 cm³/mol. The Kier molecular flexibility index (Phi) is 5.75. The van der Waals surface area contributed by atoms with Crippen LogP contribution in [0.2, 0.25) is 0 Å². The lowest BCUT2D eigenvalue weighted by molar-refractivity contribution is 0.0746. The lowest BCUT2D eigenvalue weighted by atomic mass is 10.1. The molecule has 0 unspecified atom stereocenters. The number of carbonyl (C=O) groups is 1. The van der Waals surface area contributed by atoms with E-state index < -0.39 is 0 Å². The van der Waals surface area contributed by atoms with Crippen molar-refractivity contribution >= 4 is 28.6 Å². The Hall–Kier alpha value is -3.98. The van der Waals surface area contributed by atoms with Crippen molar-refractivity contribution in [3.05, 3.63) is 66.4 Å². The fourth-order valence-corrected chi connectivity index (χ4v) is 4.62. The van der Waals surface area contributed by atoms with Crippen LogP contribution in [0.25, 0.3) is 22.2 Å². The van der Waals surface area contributed by atoms with E-state index in [0.717, 1.165) is 54.4 Å². The molecule has 0 saturated carbocycles. The molecule has 4 heterocycles. The Morgan fingerprint density at radius 2 is 1.66 bits per heavy atom. The molecule has 9 heteroatoms. The van der Waals surface area contributed by atoms with Gasteiger partial charge in [0.05, 0.1) is 18.6 Å². The highest BCUT2D eigenvalue weighted by molar-refractivity contribution is 6.01. The van der Waals surface area contributed by atoms with Gasteiger partial charge in [-0.3, -0.25) is 4.79 Å². The number of fused-ring (bicyclic) bond motifs is 1. The number of ether oxygens (including phenoxy) is 1. The lowest BCUT2D eigenvalue weighted by Gasteiger charge is -2.36. The minimum absolute atomic E-state index is 0.0171. The highest BCUT2D eigenvalue weighted by Crippen LogP contribution is 2.29. The molecule has 2 aromatic carbocycles. The van der Waals surface area contributed by atoms with E-state index in [1.54, 1.807) is 0 Å². The Labute approximate surface area is 202 Å². The van der Waals surface area contributed by atoms with E-state index in [2.05, 4.69) is 19.9 Å². The number of nitrogens with zero attached hydrogens (tertiary/aromatic N) is 6. The average Bonchev–Trinajstić information content (AvgIpc) is 3.37. The van der Waals surface area contributed by atoms with E-state index >= 15 is 0 Å². The molecule has 0 radical (unpaired) electrons. The van der Waals surface area contributed by atoms with Crippen LogP contribution in [0.15, 0.2) is 65.3 Å². The van der Waals surface area contributed by atoms with Gasteiger partial charge in [-0.05, 0) is 24.3 Å². The Morgan fingerprint density at radius 3 is 2.46 bits per heavy atom. The summed E-state index contributed by atoms with van der Waals surface area (Å²) in [5.41, 5.74) is 2.32. The molecule has 2 saturated heterocycles. The molecule has 0 spiro atoms. The number of piperazine rings is 1. The van der Waals surface area contributed by atoms with Gasteiger partial charge in [-0.25, -0.2) is 4.98 Å². The van der Waals surface area contributed by atoms with Crippen LogP contribution in [0.4, 0.5) is 11.8 Å². The third kappa shape index (κ3) is 4.30. The van der Waals surface area contributed by atoms with Crippen LogP contribution in [0.5, 0.6) is 0 Å². The van der Waals surface area contributed by atoms with Crippen LogP contribution in [-0.2, 0) is 4.74 Å². The molecule has 6 rings (SSSR count). The molecule has 2 aliphatic heterocycles. The van der Waals surface area contributed by atoms with Crippen molar-refractivity contribution in [1.82, 2.24) is 20.0 Å². The summed E-state index contributed by atoms with van der Waals surface area (Å²) >= 11 is 0. The number of hydrogen-bond donors (Lipinski definition) is 0. The fourth-order valence-electron chi connectivity index (χ4n) is 4.62. The SMILES string of the molecule is O=C(c1ccc2noc(-c3ccccc3)c2c1)N1CCN(c2ccnc(N3CCOCC3)n2)CC1. The van der Waals surface area contributed by atoms with Gasteiger partial charge < -0.3 is 24.0 Å². The molecule has 9 nitrogen and oxygen atoms in total. The van der Waals surface area contributed by atoms with Gasteiger partial charge >= 0.3 is 0 Å². The zero-order chi connectivity index (χ0) is 23.6. The number of anilines is 2. The van der Waals surface area contributed by atoms with E-state index in [1.165, 1.54) is 0 Å². The molecule has 2 aliphatic rings. The van der Waals surface area contributed by atoms with Crippen molar-refractivity contribution in [3.63, 3.8) is 0 Å². The summed E-state index contributed by atoms with van der Waals surface area (Å²) in [4.78, 5) is 28.8. The molecule has 2 aromatic heterocycles. The molecule has 0 N–H and O–H groups in total. The standard InChI is InChI=1S/C26H26N6O3/c33-25(20-6-7-22-21(18-20)24(35-29-22)19-4-2-1-3-5-19)31-12-10-30(11-13-31)23-8-9-27-26(28-23)32-14-16-34-17-15-32/h1-9,18H,10-17H2. The quantitative estimate of drug-likeness (QED) is 0.450. The first-order valence-corrected chi connectivity index (χ1v) is 11.9. The molecule has 0 aliphatic carbocycles. The molecule has 178 valence electrons. The summed E-state index contributed by atoms with van der Waals surface area (Å²) in [7, 11) is 0. The highest BCUT2D eigenvalue weighted by Gasteiger charge is 2.25. The fraction of sp³-hybridized carbons (Fsp3) is 0.308. The molecular formula is C26H26N6O3. The lowest BCUT2D eigenvalue weighted by Crippen LogP contribution is -2.49. The highest BCUT2D eigenvalue weighted by atomic mass is 16.5. The normalized spacial score (nSPS) is 16.6. The number of carbonyl (C=O) groups excluding carboxylic acids is 1. The number of hydrogen-bond acceptors (Lipinski definition) is 8. The second-order valence-electron chi connectivity index (χ2n) is 8.70. The van der Waals surface area contributed by atoms with Gasteiger partial charge in [-0.1, -0.05) is 35.5 Å². The van der Waals surface area contributed by atoms with E-state index in [4.69, 9.17) is 14.2 Å². The minimum Gasteiger partial charge on any atom is -0.378 e. The zero-order valence-electron chi connectivity index (χ0n) is 19.3. The first-order chi connectivity index (χ1) is 17.3. The summed E-state index contributed by atoms with van der Waals surface area (Å²) in [6, 6.07) is 17.3. The van der Waals surface area contributed by atoms with Crippen molar-refractivity contribution < 1.29 is 14.1 Å². The predicted octanol–water partition coefficient (Wildman–Crippen LogP) is 3.08. The second-order valence-corrected chi connectivity index (χ2v) is 8.70. The molecule has 4 aromatic rings. The Morgan fingerprint density at radius 1 is 0.857 bits per heavy atom. The molecule has 35 heavy (non-hydrogen) atoms. The Bertz CT molecular complexity index is 1330. The number of rotatable bonds is 4. The van der Waals surface area contributed by atoms with Crippen molar-refractivity contribution in [3.8, 4) is 11.3 Å².